The lowest BCUT2D eigenvalue weighted by molar-refractivity contribution is 0.421. The van der Waals surface area contributed by atoms with Crippen LogP contribution in [0, 0.1) is 0 Å². The smallest absolute Gasteiger partial charge is 0.209 e. The molecule has 102 valence electrons. The number of benzene rings is 1. The van der Waals surface area contributed by atoms with Gasteiger partial charge >= 0.3 is 0 Å². The highest BCUT2D eigenvalue weighted by Gasteiger charge is 2.21. The summed E-state index contributed by atoms with van der Waals surface area (Å²) in [6.07, 6.45) is 1.16. The highest BCUT2D eigenvalue weighted by atomic mass is 35.5. The monoisotopic (exact) mass is 290 g/mol. The van der Waals surface area contributed by atoms with Crippen molar-refractivity contribution < 1.29 is 8.42 Å². The van der Waals surface area contributed by atoms with Crippen LogP contribution in [0.2, 0.25) is 5.02 Å². The van der Waals surface area contributed by atoms with E-state index in [0.717, 1.165) is 11.8 Å². The second kappa shape index (κ2) is 6.02. The zero-order chi connectivity index (χ0) is 13.8. The normalized spacial score (nSPS) is 12.7. The molecule has 4 nitrogen and oxygen atoms in total. The standard InChI is InChI=1S/C12H19ClN2O2S/c1-12(2,15-18(3,16)17)9-14-8-10-4-6-11(13)7-5-10/h4-7,14-15H,8-9H2,1-3H3. The van der Waals surface area contributed by atoms with Crippen LogP contribution in [0.25, 0.3) is 0 Å². The van der Waals surface area contributed by atoms with E-state index < -0.39 is 15.6 Å². The summed E-state index contributed by atoms with van der Waals surface area (Å²) >= 11 is 5.79. The Morgan fingerprint density at radius 2 is 1.78 bits per heavy atom. The molecule has 0 saturated carbocycles. The SMILES string of the molecule is CC(C)(CNCc1ccc(Cl)cc1)NS(C)(=O)=O. The molecule has 1 rings (SSSR count). The molecule has 0 spiro atoms. The number of sulfonamides is 1. The van der Waals surface area contributed by atoms with Crippen molar-refractivity contribution >= 4 is 21.6 Å². The van der Waals surface area contributed by atoms with Crippen LogP contribution in [0.15, 0.2) is 24.3 Å². The largest absolute Gasteiger partial charge is 0.311 e. The predicted octanol–water partition coefficient (Wildman–Crippen LogP) is 1.76. The molecule has 0 fully saturated rings. The maximum absolute atomic E-state index is 11.2. The average molecular weight is 291 g/mol. The highest BCUT2D eigenvalue weighted by Crippen LogP contribution is 2.09. The summed E-state index contributed by atoms with van der Waals surface area (Å²) in [7, 11) is -3.19. The molecule has 0 saturated heterocycles. The number of nitrogens with one attached hydrogen (secondary N) is 2. The first-order valence-corrected chi connectivity index (χ1v) is 7.89. The molecule has 2 N–H and O–H groups in total. The molecule has 1 aromatic rings. The van der Waals surface area contributed by atoms with Crippen LogP contribution >= 0.6 is 11.6 Å². The molecule has 0 aliphatic heterocycles. The maximum Gasteiger partial charge on any atom is 0.209 e. The van der Waals surface area contributed by atoms with Crippen LogP contribution in [-0.2, 0) is 16.6 Å². The van der Waals surface area contributed by atoms with Crippen LogP contribution in [0.4, 0.5) is 0 Å². The van der Waals surface area contributed by atoms with Gasteiger partial charge in [0, 0.05) is 23.7 Å². The summed E-state index contributed by atoms with van der Waals surface area (Å²) in [5, 5.41) is 3.92. The maximum atomic E-state index is 11.2. The molecule has 0 aliphatic carbocycles. The van der Waals surface area contributed by atoms with Crippen molar-refractivity contribution in [1.29, 1.82) is 0 Å². The first-order chi connectivity index (χ1) is 8.18. The van der Waals surface area contributed by atoms with Gasteiger partial charge in [-0.2, -0.15) is 0 Å². The molecule has 6 heteroatoms. The van der Waals surface area contributed by atoms with Gasteiger partial charge in [-0.3, -0.25) is 0 Å². The second-order valence-electron chi connectivity index (χ2n) is 4.99. The molecule has 0 aliphatic rings. The van der Waals surface area contributed by atoms with Crippen molar-refractivity contribution in [3.05, 3.63) is 34.9 Å². The van der Waals surface area contributed by atoms with Gasteiger partial charge in [-0.25, -0.2) is 13.1 Å². The Balaban J connectivity index is 2.43. The number of hydrogen-bond donors (Lipinski definition) is 2. The molecular weight excluding hydrogens is 272 g/mol. The molecule has 18 heavy (non-hydrogen) atoms. The predicted molar refractivity (Wildman–Crippen MR) is 75.2 cm³/mol. The molecule has 0 heterocycles. The van der Waals surface area contributed by atoms with E-state index in [4.69, 9.17) is 11.6 Å². The molecular formula is C12H19ClN2O2S. The van der Waals surface area contributed by atoms with Gasteiger partial charge in [-0.1, -0.05) is 23.7 Å². The minimum atomic E-state index is -3.19. The Hall–Kier alpha value is -0.620. The van der Waals surface area contributed by atoms with Gasteiger partial charge < -0.3 is 5.32 Å². The van der Waals surface area contributed by atoms with Crippen molar-refractivity contribution in [3.8, 4) is 0 Å². The van der Waals surface area contributed by atoms with E-state index in [1.165, 1.54) is 0 Å². The second-order valence-corrected chi connectivity index (χ2v) is 7.17. The van der Waals surface area contributed by atoms with E-state index in [9.17, 15) is 8.42 Å². The Labute approximate surface area is 114 Å². The molecule has 0 amide bonds. The van der Waals surface area contributed by atoms with Gasteiger partial charge in [0.2, 0.25) is 10.0 Å². The Morgan fingerprint density at radius 3 is 2.28 bits per heavy atom. The third-order valence-corrected chi connectivity index (χ3v) is 3.45. The first-order valence-electron chi connectivity index (χ1n) is 5.62. The molecule has 0 bridgehead atoms. The number of halogens is 1. The van der Waals surface area contributed by atoms with E-state index in [2.05, 4.69) is 10.0 Å². The fraction of sp³-hybridized carbons (Fsp3) is 0.500. The van der Waals surface area contributed by atoms with Crippen LogP contribution < -0.4 is 10.0 Å². The van der Waals surface area contributed by atoms with E-state index in [-0.39, 0.29) is 0 Å². The average Bonchev–Trinajstić information content (AvgIpc) is 2.17. The van der Waals surface area contributed by atoms with E-state index in [1.807, 2.05) is 38.1 Å². The van der Waals surface area contributed by atoms with Crippen molar-refractivity contribution in [2.45, 2.75) is 25.9 Å². The molecule has 0 unspecified atom stereocenters. The summed E-state index contributed by atoms with van der Waals surface area (Å²) in [5.74, 6) is 0. The molecule has 0 aromatic heterocycles. The lowest BCUT2D eigenvalue weighted by Gasteiger charge is -2.25. The number of hydrogen-bond acceptors (Lipinski definition) is 3. The van der Waals surface area contributed by atoms with Gasteiger partial charge in [0.15, 0.2) is 0 Å². The number of rotatable bonds is 6. The van der Waals surface area contributed by atoms with Gasteiger partial charge in [-0.15, -0.1) is 0 Å². The Bertz CT molecular complexity index is 483. The van der Waals surface area contributed by atoms with E-state index in [1.54, 1.807) is 0 Å². The van der Waals surface area contributed by atoms with E-state index in [0.29, 0.717) is 18.1 Å². The van der Waals surface area contributed by atoms with Crippen molar-refractivity contribution in [2.75, 3.05) is 12.8 Å². The fourth-order valence-corrected chi connectivity index (χ4v) is 2.86. The zero-order valence-corrected chi connectivity index (χ0v) is 12.4. The summed E-state index contributed by atoms with van der Waals surface area (Å²) in [6.45, 7) is 4.89. The minimum Gasteiger partial charge on any atom is -0.311 e. The fourth-order valence-electron chi connectivity index (χ4n) is 1.66. The summed E-state index contributed by atoms with van der Waals surface area (Å²) in [4.78, 5) is 0. The van der Waals surface area contributed by atoms with Gasteiger partial charge in [0.25, 0.3) is 0 Å². The Morgan fingerprint density at radius 1 is 1.22 bits per heavy atom. The minimum absolute atomic E-state index is 0.514. The lowest BCUT2D eigenvalue weighted by Crippen LogP contribution is -2.49. The lowest BCUT2D eigenvalue weighted by atomic mass is 10.1. The van der Waals surface area contributed by atoms with Crippen LogP contribution in [0.5, 0.6) is 0 Å². The third kappa shape index (κ3) is 6.35. The summed E-state index contributed by atoms with van der Waals surface area (Å²) in [5.41, 5.74) is 0.592. The highest BCUT2D eigenvalue weighted by molar-refractivity contribution is 7.88. The van der Waals surface area contributed by atoms with Crippen LogP contribution in [-0.4, -0.2) is 26.8 Å². The van der Waals surface area contributed by atoms with Gasteiger partial charge in [-0.05, 0) is 31.5 Å². The van der Waals surface area contributed by atoms with Crippen molar-refractivity contribution in [3.63, 3.8) is 0 Å². The van der Waals surface area contributed by atoms with Crippen LogP contribution in [0.1, 0.15) is 19.4 Å². The van der Waals surface area contributed by atoms with Crippen molar-refractivity contribution in [1.82, 2.24) is 10.0 Å². The molecule has 0 radical (unpaired) electrons. The van der Waals surface area contributed by atoms with Gasteiger partial charge in [0.05, 0.1) is 6.26 Å². The van der Waals surface area contributed by atoms with Crippen LogP contribution in [0.3, 0.4) is 0 Å². The topological polar surface area (TPSA) is 58.2 Å². The third-order valence-electron chi connectivity index (χ3n) is 2.27. The van der Waals surface area contributed by atoms with E-state index >= 15 is 0 Å². The summed E-state index contributed by atoms with van der Waals surface area (Å²) < 4.78 is 24.9. The molecule has 1 aromatic carbocycles. The first kappa shape index (κ1) is 15.4. The quantitative estimate of drug-likeness (QED) is 0.839. The van der Waals surface area contributed by atoms with Gasteiger partial charge in [0.1, 0.15) is 0 Å². The zero-order valence-electron chi connectivity index (χ0n) is 10.8. The Kier molecular flexibility index (Phi) is 5.16. The summed E-state index contributed by atoms with van der Waals surface area (Å²) in [6, 6.07) is 7.54. The molecule has 0 atom stereocenters. The van der Waals surface area contributed by atoms with Crippen molar-refractivity contribution in [2.24, 2.45) is 0 Å².